The molecule has 3 aromatic carbocycles. The minimum Gasteiger partial charge on any atom is -0.349 e. The molecule has 5 nitrogen and oxygen atoms in total. The summed E-state index contributed by atoms with van der Waals surface area (Å²) < 4.78 is 0. The molecule has 0 radical (unpaired) electrons. The van der Waals surface area contributed by atoms with Crippen molar-refractivity contribution in [2.45, 2.75) is 25.4 Å². The molecule has 0 aromatic heterocycles. The van der Waals surface area contributed by atoms with Gasteiger partial charge in [-0.2, -0.15) is 0 Å². The normalized spacial score (nSPS) is 11.4. The molecule has 0 aliphatic carbocycles. The molecule has 0 aliphatic rings. The summed E-state index contributed by atoms with van der Waals surface area (Å²) in [7, 11) is 1.74. The Labute approximate surface area is 184 Å². The van der Waals surface area contributed by atoms with Crippen molar-refractivity contribution in [1.29, 1.82) is 0 Å². The van der Waals surface area contributed by atoms with E-state index in [1.165, 1.54) is 0 Å². The van der Waals surface area contributed by atoms with E-state index in [1.54, 1.807) is 11.9 Å². The molecule has 1 atom stereocenters. The number of benzene rings is 3. The molecule has 0 heterocycles. The highest BCUT2D eigenvalue weighted by Crippen LogP contribution is 2.18. The Balaban J connectivity index is 1.49. The Morgan fingerprint density at radius 2 is 1.35 bits per heavy atom. The summed E-state index contributed by atoms with van der Waals surface area (Å²) >= 11 is 0. The Morgan fingerprint density at radius 3 is 1.97 bits per heavy atom. The van der Waals surface area contributed by atoms with Crippen molar-refractivity contribution in [3.63, 3.8) is 0 Å². The molecular formula is C26H29N3O2. The van der Waals surface area contributed by atoms with E-state index in [1.807, 2.05) is 78.9 Å². The minimum atomic E-state index is -0.194. The predicted molar refractivity (Wildman–Crippen MR) is 123 cm³/mol. The van der Waals surface area contributed by atoms with Gasteiger partial charge in [-0.3, -0.25) is 4.79 Å². The van der Waals surface area contributed by atoms with Crippen LogP contribution in [0.5, 0.6) is 0 Å². The molecule has 3 amide bonds. The highest BCUT2D eigenvalue weighted by molar-refractivity contribution is 5.78. The first-order chi connectivity index (χ1) is 15.1. The number of amides is 3. The van der Waals surface area contributed by atoms with E-state index >= 15 is 0 Å². The van der Waals surface area contributed by atoms with Crippen LogP contribution >= 0.6 is 0 Å². The number of rotatable bonds is 9. The summed E-state index contributed by atoms with van der Waals surface area (Å²) in [6.45, 7) is 0.808. The first-order valence-corrected chi connectivity index (χ1v) is 10.5. The number of urea groups is 1. The summed E-state index contributed by atoms with van der Waals surface area (Å²) in [6, 6.07) is 29.6. The molecule has 5 heteroatoms. The summed E-state index contributed by atoms with van der Waals surface area (Å²) in [4.78, 5) is 26.5. The van der Waals surface area contributed by atoms with Gasteiger partial charge in [-0.05, 0) is 23.1 Å². The third-order valence-electron chi connectivity index (χ3n) is 5.06. The van der Waals surface area contributed by atoms with E-state index in [9.17, 15) is 9.59 Å². The van der Waals surface area contributed by atoms with Gasteiger partial charge in [0.2, 0.25) is 5.91 Å². The van der Waals surface area contributed by atoms with Crippen LogP contribution in [0.4, 0.5) is 4.79 Å². The monoisotopic (exact) mass is 415 g/mol. The fourth-order valence-electron chi connectivity index (χ4n) is 3.40. The molecule has 0 fully saturated rings. The maximum absolute atomic E-state index is 12.6. The van der Waals surface area contributed by atoms with Gasteiger partial charge in [0.25, 0.3) is 0 Å². The summed E-state index contributed by atoms with van der Waals surface area (Å²) in [5.74, 6) is -0.0872. The number of nitrogens with one attached hydrogen (secondary N) is 2. The molecule has 31 heavy (non-hydrogen) atoms. The quantitative estimate of drug-likeness (QED) is 0.547. The maximum Gasteiger partial charge on any atom is 0.317 e. The lowest BCUT2D eigenvalue weighted by molar-refractivity contribution is -0.121. The molecular weight excluding hydrogens is 386 g/mol. The average molecular weight is 416 g/mol. The van der Waals surface area contributed by atoms with Crippen molar-refractivity contribution in [3.05, 3.63) is 108 Å². The van der Waals surface area contributed by atoms with E-state index in [0.29, 0.717) is 13.0 Å². The Hall–Kier alpha value is -3.60. The number of carbonyl (C=O) groups is 2. The van der Waals surface area contributed by atoms with Crippen LogP contribution in [0, 0.1) is 0 Å². The molecule has 2 N–H and O–H groups in total. The van der Waals surface area contributed by atoms with Crippen molar-refractivity contribution >= 4 is 11.9 Å². The number of hydrogen-bond donors (Lipinski definition) is 2. The lowest BCUT2D eigenvalue weighted by Crippen LogP contribution is -2.39. The standard InChI is InChI=1S/C26H29N3O2/c1-29(20-22-13-7-3-8-14-22)26(31)27-18-17-25(30)28-24(23-15-9-4-10-16-23)19-21-11-5-2-6-12-21/h2-16,24H,17-20H2,1H3,(H,27,31)(H,28,30). The van der Waals surface area contributed by atoms with Crippen molar-refractivity contribution in [3.8, 4) is 0 Å². The van der Waals surface area contributed by atoms with E-state index in [4.69, 9.17) is 0 Å². The summed E-state index contributed by atoms with van der Waals surface area (Å²) in [5.41, 5.74) is 3.28. The summed E-state index contributed by atoms with van der Waals surface area (Å²) in [6.07, 6.45) is 0.936. The van der Waals surface area contributed by atoms with E-state index in [2.05, 4.69) is 22.8 Å². The Morgan fingerprint density at radius 1 is 0.806 bits per heavy atom. The van der Waals surface area contributed by atoms with Crippen molar-refractivity contribution in [2.75, 3.05) is 13.6 Å². The van der Waals surface area contributed by atoms with Crippen LogP contribution in [0.2, 0.25) is 0 Å². The zero-order chi connectivity index (χ0) is 21.9. The van der Waals surface area contributed by atoms with Crippen molar-refractivity contribution in [1.82, 2.24) is 15.5 Å². The molecule has 0 spiro atoms. The van der Waals surface area contributed by atoms with Gasteiger partial charge < -0.3 is 15.5 Å². The van der Waals surface area contributed by atoms with Gasteiger partial charge in [0.1, 0.15) is 0 Å². The molecule has 0 saturated heterocycles. The van der Waals surface area contributed by atoms with Crippen LogP contribution in [0.3, 0.4) is 0 Å². The molecule has 0 saturated carbocycles. The lowest BCUT2D eigenvalue weighted by Gasteiger charge is -2.20. The van der Waals surface area contributed by atoms with E-state index in [-0.39, 0.29) is 30.9 Å². The second kappa shape index (κ2) is 11.6. The van der Waals surface area contributed by atoms with Gasteiger partial charge in [0.15, 0.2) is 0 Å². The van der Waals surface area contributed by atoms with Gasteiger partial charge in [-0.25, -0.2) is 4.79 Å². The number of nitrogens with zero attached hydrogens (tertiary/aromatic N) is 1. The van der Waals surface area contributed by atoms with Gasteiger partial charge in [-0.1, -0.05) is 91.0 Å². The second-order valence-electron chi connectivity index (χ2n) is 7.54. The zero-order valence-corrected chi connectivity index (χ0v) is 17.8. The molecule has 0 bridgehead atoms. The third-order valence-corrected chi connectivity index (χ3v) is 5.06. The van der Waals surface area contributed by atoms with Crippen LogP contribution in [-0.2, 0) is 17.8 Å². The Kier molecular flexibility index (Phi) is 8.23. The van der Waals surface area contributed by atoms with Crippen LogP contribution < -0.4 is 10.6 Å². The number of hydrogen-bond acceptors (Lipinski definition) is 2. The molecule has 3 rings (SSSR count). The molecule has 3 aromatic rings. The van der Waals surface area contributed by atoms with Gasteiger partial charge in [0, 0.05) is 26.6 Å². The topological polar surface area (TPSA) is 61.4 Å². The first kappa shape index (κ1) is 22.1. The molecule has 160 valence electrons. The maximum atomic E-state index is 12.6. The second-order valence-corrected chi connectivity index (χ2v) is 7.54. The van der Waals surface area contributed by atoms with Crippen LogP contribution in [0.25, 0.3) is 0 Å². The molecule has 1 unspecified atom stereocenters. The van der Waals surface area contributed by atoms with Crippen molar-refractivity contribution in [2.24, 2.45) is 0 Å². The Bertz CT molecular complexity index is 946. The van der Waals surface area contributed by atoms with Gasteiger partial charge in [0.05, 0.1) is 6.04 Å². The first-order valence-electron chi connectivity index (χ1n) is 10.5. The SMILES string of the molecule is CN(Cc1ccccc1)C(=O)NCCC(=O)NC(Cc1ccccc1)c1ccccc1. The van der Waals surface area contributed by atoms with Crippen LogP contribution in [-0.4, -0.2) is 30.4 Å². The van der Waals surface area contributed by atoms with Gasteiger partial charge in [-0.15, -0.1) is 0 Å². The fraction of sp³-hybridized carbons (Fsp3) is 0.231. The fourth-order valence-corrected chi connectivity index (χ4v) is 3.40. The minimum absolute atomic E-state index is 0.0872. The molecule has 0 aliphatic heterocycles. The van der Waals surface area contributed by atoms with Crippen LogP contribution in [0.15, 0.2) is 91.0 Å². The predicted octanol–water partition coefficient (Wildman–Crippen LogP) is 4.32. The largest absolute Gasteiger partial charge is 0.349 e. The van der Waals surface area contributed by atoms with E-state index < -0.39 is 0 Å². The van der Waals surface area contributed by atoms with Crippen molar-refractivity contribution < 1.29 is 9.59 Å². The smallest absolute Gasteiger partial charge is 0.317 e. The van der Waals surface area contributed by atoms with E-state index in [0.717, 1.165) is 16.7 Å². The average Bonchev–Trinajstić information content (AvgIpc) is 2.80. The summed E-state index contributed by atoms with van der Waals surface area (Å²) in [5, 5.41) is 5.94. The highest BCUT2D eigenvalue weighted by Gasteiger charge is 2.16. The van der Waals surface area contributed by atoms with Gasteiger partial charge >= 0.3 is 6.03 Å². The van der Waals surface area contributed by atoms with Crippen LogP contribution in [0.1, 0.15) is 29.2 Å². The zero-order valence-electron chi connectivity index (χ0n) is 17.8. The highest BCUT2D eigenvalue weighted by atomic mass is 16.2. The third kappa shape index (κ3) is 7.30. The number of carbonyl (C=O) groups excluding carboxylic acids is 2. The lowest BCUT2D eigenvalue weighted by atomic mass is 9.98.